The number of fused-ring (bicyclic) bond motifs is 1. The van der Waals surface area contributed by atoms with Gasteiger partial charge in [0.15, 0.2) is 0 Å². The minimum Gasteiger partial charge on any atom is -0.497 e. The maximum atomic E-state index is 12.3. The van der Waals surface area contributed by atoms with E-state index in [9.17, 15) is 14.7 Å². The highest BCUT2D eigenvalue weighted by atomic mass is 16.5. The van der Waals surface area contributed by atoms with Gasteiger partial charge < -0.3 is 19.9 Å². The molecule has 6 heteroatoms. The SMILES string of the molecule is CCCC[C@H](NC(=O)C1=Cc2cc(OC)ccc2OC1)C(=O)O. The number of hydrogen-bond acceptors (Lipinski definition) is 4. The number of benzene rings is 1. The van der Waals surface area contributed by atoms with Crippen LogP contribution in [0.4, 0.5) is 0 Å². The first-order valence-corrected chi connectivity index (χ1v) is 7.60. The number of aliphatic carboxylic acids is 1. The topological polar surface area (TPSA) is 84.9 Å². The third kappa shape index (κ3) is 4.25. The van der Waals surface area contributed by atoms with Gasteiger partial charge in [0.25, 0.3) is 5.91 Å². The third-order valence-electron chi connectivity index (χ3n) is 3.67. The lowest BCUT2D eigenvalue weighted by Crippen LogP contribution is -2.42. The quantitative estimate of drug-likeness (QED) is 0.805. The van der Waals surface area contributed by atoms with E-state index in [1.807, 2.05) is 6.92 Å². The van der Waals surface area contributed by atoms with Crippen molar-refractivity contribution in [2.45, 2.75) is 32.2 Å². The van der Waals surface area contributed by atoms with Crippen LogP contribution >= 0.6 is 0 Å². The highest BCUT2D eigenvalue weighted by Gasteiger charge is 2.23. The normalized spacial score (nSPS) is 14.1. The first-order chi connectivity index (χ1) is 11.0. The summed E-state index contributed by atoms with van der Waals surface area (Å²) in [6.07, 6.45) is 3.73. The summed E-state index contributed by atoms with van der Waals surface area (Å²) >= 11 is 0. The molecular formula is C17H21NO5. The summed E-state index contributed by atoms with van der Waals surface area (Å²) in [6.45, 7) is 2.09. The highest BCUT2D eigenvalue weighted by molar-refractivity contribution is 6.00. The molecule has 1 heterocycles. The van der Waals surface area contributed by atoms with Gasteiger partial charge in [-0.2, -0.15) is 0 Å². The Morgan fingerprint density at radius 2 is 2.22 bits per heavy atom. The lowest BCUT2D eigenvalue weighted by Gasteiger charge is -2.20. The Hall–Kier alpha value is -2.50. The Kier molecular flexibility index (Phi) is 5.62. The summed E-state index contributed by atoms with van der Waals surface area (Å²) in [5.41, 5.74) is 1.13. The van der Waals surface area contributed by atoms with Gasteiger partial charge in [0.2, 0.25) is 0 Å². The minimum absolute atomic E-state index is 0.116. The molecule has 6 nitrogen and oxygen atoms in total. The summed E-state index contributed by atoms with van der Waals surface area (Å²) in [4.78, 5) is 23.5. The highest BCUT2D eigenvalue weighted by Crippen LogP contribution is 2.29. The lowest BCUT2D eigenvalue weighted by atomic mass is 10.1. The standard InChI is InChI=1S/C17H21NO5/c1-3-4-5-14(17(20)21)18-16(19)12-8-11-9-13(22-2)6-7-15(11)23-10-12/h6-9,14H,3-5,10H2,1-2H3,(H,18,19)(H,20,21)/t14-/m0/s1. The molecule has 1 aliphatic heterocycles. The second kappa shape index (κ2) is 7.67. The van der Waals surface area contributed by atoms with Gasteiger partial charge in [-0.3, -0.25) is 4.79 Å². The van der Waals surface area contributed by atoms with Crippen LogP contribution in [0.25, 0.3) is 6.08 Å². The maximum Gasteiger partial charge on any atom is 0.326 e. The molecule has 1 aromatic carbocycles. The number of carbonyl (C=O) groups is 2. The Balaban J connectivity index is 2.12. The first kappa shape index (κ1) is 16.9. The Labute approximate surface area is 135 Å². The first-order valence-electron chi connectivity index (χ1n) is 7.60. The van der Waals surface area contributed by atoms with E-state index < -0.39 is 17.9 Å². The van der Waals surface area contributed by atoms with Crippen LogP contribution in [0.15, 0.2) is 23.8 Å². The van der Waals surface area contributed by atoms with Crippen LogP contribution in [0.5, 0.6) is 11.5 Å². The molecule has 0 saturated heterocycles. The Bertz CT molecular complexity index is 623. The number of carboxylic acids is 1. The number of unbranched alkanes of at least 4 members (excludes halogenated alkanes) is 1. The number of methoxy groups -OCH3 is 1. The van der Waals surface area contributed by atoms with E-state index in [0.29, 0.717) is 23.5 Å². The van der Waals surface area contributed by atoms with E-state index in [2.05, 4.69) is 5.32 Å². The lowest BCUT2D eigenvalue weighted by molar-refractivity contribution is -0.141. The molecule has 0 fully saturated rings. The second-order valence-corrected chi connectivity index (χ2v) is 5.37. The van der Waals surface area contributed by atoms with Crippen LogP contribution in [-0.4, -0.2) is 36.7 Å². The van der Waals surface area contributed by atoms with Crippen molar-refractivity contribution in [1.29, 1.82) is 0 Å². The van der Waals surface area contributed by atoms with Gasteiger partial charge in [-0.05, 0) is 30.7 Å². The van der Waals surface area contributed by atoms with Gasteiger partial charge in [-0.25, -0.2) is 4.79 Å². The van der Waals surface area contributed by atoms with Crippen LogP contribution in [0, 0.1) is 0 Å². The molecule has 0 bridgehead atoms. The fraction of sp³-hybridized carbons (Fsp3) is 0.412. The van der Waals surface area contributed by atoms with Crippen molar-refractivity contribution in [3.05, 3.63) is 29.3 Å². The number of carbonyl (C=O) groups excluding carboxylic acids is 1. The number of amides is 1. The number of rotatable bonds is 7. The molecule has 1 aromatic rings. The molecule has 0 spiro atoms. The zero-order valence-corrected chi connectivity index (χ0v) is 13.3. The van der Waals surface area contributed by atoms with E-state index in [1.54, 1.807) is 31.4 Å². The third-order valence-corrected chi connectivity index (χ3v) is 3.67. The van der Waals surface area contributed by atoms with Crippen LogP contribution < -0.4 is 14.8 Å². The zero-order valence-electron chi connectivity index (χ0n) is 13.3. The second-order valence-electron chi connectivity index (χ2n) is 5.37. The van der Waals surface area contributed by atoms with Crippen molar-refractivity contribution in [1.82, 2.24) is 5.32 Å². The molecule has 1 atom stereocenters. The number of nitrogens with one attached hydrogen (secondary N) is 1. The molecule has 2 rings (SSSR count). The molecule has 0 radical (unpaired) electrons. The average molecular weight is 319 g/mol. The predicted octanol–water partition coefficient (Wildman–Crippen LogP) is 2.23. The van der Waals surface area contributed by atoms with Crippen LogP contribution in [0.1, 0.15) is 31.7 Å². The van der Waals surface area contributed by atoms with E-state index in [-0.39, 0.29) is 6.61 Å². The van der Waals surface area contributed by atoms with Crippen molar-refractivity contribution in [2.24, 2.45) is 0 Å². The van der Waals surface area contributed by atoms with Crippen LogP contribution in [0.2, 0.25) is 0 Å². The van der Waals surface area contributed by atoms with Gasteiger partial charge in [0, 0.05) is 5.56 Å². The molecule has 1 aliphatic rings. The zero-order chi connectivity index (χ0) is 16.8. The predicted molar refractivity (Wildman–Crippen MR) is 85.6 cm³/mol. The minimum atomic E-state index is -1.02. The Morgan fingerprint density at radius 1 is 1.43 bits per heavy atom. The number of ether oxygens (including phenoxy) is 2. The van der Waals surface area contributed by atoms with E-state index >= 15 is 0 Å². The summed E-state index contributed by atoms with van der Waals surface area (Å²) in [5, 5.41) is 11.8. The maximum absolute atomic E-state index is 12.3. The van der Waals surface area contributed by atoms with Gasteiger partial charge in [-0.15, -0.1) is 0 Å². The van der Waals surface area contributed by atoms with Crippen molar-refractivity contribution in [2.75, 3.05) is 13.7 Å². The fourth-order valence-corrected chi connectivity index (χ4v) is 2.33. The Morgan fingerprint density at radius 3 is 2.87 bits per heavy atom. The molecular weight excluding hydrogens is 298 g/mol. The molecule has 1 amide bonds. The van der Waals surface area contributed by atoms with Crippen LogP contribution in [0.3, 0.4) is 0 Å². The van der Waals surface area contributed by atoms with Crippen molar-refractivity contribution in [3.8, 4) is 11.5 Å². The number of hydrogen-bond donors (Lipinski definition) is 2. The van der Waals surface area contributed by atoms with E-state index in [1.165, 1.54) is 0 Å². The number of carboxylic acid groups (broad SMARTS) is 1. The van der Waals surface area contributed by atoms with E-state index in [0.717, 1.165) is 18.4 Å². The van der Waals surface area contributed by atoms with Gasteiger partial charge in [-0.1, -0.05) is 19.8 Å². The smallest absolute Gasteiger partial charge is 0.326 e. The van der Waals surface area contributed by atoms with Gasteiger partial charge in [0.1, 0.15) is 24.1 Å². The molecule has 23 heavy (non-hydrogen) atoms. The molecule has 124 valence electrons. The summed E-state index contributed by atoms with van der Waals surface area (Å²) in [5.74, 6) is -0.104. The fourth-order valence-electron chi connectivity index (χ4n) is 2.33. The van der Waals surface area contributed by atoms with Gasteiger partial charge in [0.05, 0.1) is 12.7 Å². The average Bonchev–Trinajstić information content (AvgIpc) is 2.56. The molecule has 0 saturated carbocycles. The summed E-state index contributed by atoms with van der Waals surface area (Å²) in [7, 11) is 1.56. The van der Waals surface area contributed by atoms with Crippen molar-refractivity contribution < 1.29 is 24.2 Å². The largest absolute Gasteiger partial charge is 0.497 e. The molecule has 0 unspecified atom stereocenters. The van der Waals surface area contributed by atoms with Crippen LogP contribution in [-0.2, 0) is 9.59 Å². The van der Waals surface area contributed by atoms with Crippen molar-refractivity contribution in [3.63, 3.8) is 0 Å². The monoisotopic (exact) mass is 319 g/mol. The molecule has 2 N–H and O–H groups in total. The summed E-state index contributed by atoms with van der Waals surface area (Å²) < 4.78 is 10.7. The molecule has 0 aliphatic carbocycles. The van der Waals surface area contributed by atoms with E-state index in [4.69, 9.17) is 9.47 Å². The van der Waals surface area contributed by atoms with Crippen molar-refractivity contribution >= 4 is 18.0 Å². The molecule has 0 aromatic heterocycles. The summed E-state index contributed by atoms with van der Waals surface area (Å²) in [6, 6.07) is 4.45. The van der Waals surface area contributed by atoms with Gasteiger partial charge >= 0.3 is 5.97 Å².